The highest BCUT2D eigenvalue weighted by molar-refractivity contribution is 4.76. The lowest BCUT2D eigenvalue weighted by Gasteiger charge is -2.03. The van der Waals surface area contributed by atoms with Gasteiger partial charge in [-0.25, -0.2) is 0 Å². The van der Waals surface area contributed by atoms with Gasteiger partial charge in [-0.2, -0.15) is 0 Å². The summed E-state index contributed by atoms with van der Waals surface area (Å²) in [6, 6.07) is 0. The van der Waals surface area contributed by atoms with Gasteiger partial charge >= 0.3 is 0 Å². The summed E-state index contributed by atoms with van der Waals surface area (Å²) in [4.78, 5) is 0. The van der Waals surface area contributed by atoms with E-state index in [1.54, 1.807) is 0 Å². The molecule has 0 saturated heterocycles. The molecule has 0 N–H and O–H groups in total. The first kappa shape index (κ1) is 20.7. The van der Waals surface area contributed by atoms with E-state index < -0.39 is 0 Å². The molecule has 0 bridgehead atoms. The van der Waals surface area contributed by atoms with Crippen molar-refractivity contribution in [3.63, 3.8) is 0 Å². The Bertz CT molecular complexity index is 192. The predicted molar refractivity (Wildman–Crippen MR) is 99.0 cm³/mol. The van der Waals surface area contributed by atoms with Crippen LogP contribution in [0.4, 0.5) is 0 Å². The van der Waals surface area contributed by atoms with Crippen LogP contribution in [0, 0.1) is 0 Å². The third-order valence-electron chi connectivity index (χ3n) is 4.46. The van der Waals surface area contributed by atoms with Crippen molar-refractivity contribution in [3.05, 3.63) is 12.2 Å². The van der Waals surface area contributed by atoms with Crippen LogP contribution in [0.15, 0.2) is 12.2 Å². The van der Waals surface area contributed by atoms with Gasteiger partial charge in [0, 0.05) is 0 Å². The van der Waals surface area contributed by atoms with E-state index in [9.17, 15) is 0 Å². The maximum atomic E-state index is 2.30. The first-order valence-corrected chi connectivity index (χ1v) is 10.0. The van der Waals surface area contributed by atoms with Crippen LogP contribution in [0.3, 0.4) is 0 Å². The van der Waals surface area contributed by atoms with E-state index in [1.807, 2.05) is 0 Å². The van der Waals surface area contributed by atoms with Gasteiger partial charge in [-0.3, -0.25) is 0 Å². The summed E-state index contributed by atoms with van der Waals surface area (Å²) >= 11 is 0. The molecule has 21 heavy (non-hydrogen) atoms. The van der Waals surface area contributed by atoms with Crippen molar-refractivity contribution in [2.75, 3.05) is 0 Å². The molecular formula is C21H42. The van der Waals surface area contributed by atoms with Gasteiger partial charge in [-0.05, 0) is 19.8 Å². The lowest BCUT2D eigenvalue weighted by molar-refractivity contribution is 0.530. The number of unbranched alkanes of at least 4 members (excludes halogenated alkanes) is 16. The molecule has 0 amide bonds. The maximum Gasteiger partial charge on any atom is -0.0351 e. The van der Waals surface area contributed by atoms with Crippen molar-refractivity contribution < 1.29 is 0 Å². The topological polar surface area (TPSA) is 0 Å². The maximum absolute atomic E-state index is 2.30. The van der Waals surface area contributed by atoms with Crippen molar-refractivity contribution in [2.24, 2.45) is 0 Å². The number of hydrogen-bond acceptors (Lipinski definition) is 0. The minimum absolute atomic E-state index is 1.29. The van der Waals surface area contributed by atoms with Crippen LogP contribution in [0.2, 0.25) is 0 Å². The van der Waals surface area contributed by atoms with E-state index >= 15 is 0 Å². The second-order valence-corrected chi connectivity index (χ2v) is 6.66. The van der Waals surface area contributed by atoms with Crippen LogP contribution < -0.4 is 0 Å². The smallest absolute Gasteiger partial charge is 0.0351 e. The quantitative estimate of drug-likeness (QED) is 0.187. The third-order valence-corrected chi connectivity index (χ3v) is 4.46. The fourth-order valence-electron chi connectivity index (χ4n) is 2.98. The summed E-state index contributed by atoms with van der Waals surface area (Å²) < 4.78 is 0. The summed E-state index contributed by atoms with van der Waals surface area (Å²) in [7, 11) is 0. The molecule has 0 aromatic carbocycles. The highest BCUT2D eigenvalue weighted by Crippen LogP contribution is 2.13. The molecule has 0 aliphatic heterocycles. The van der Waals surface area contributed by atoms with E-state index in [4.69, 9.17) is 0 Å². The van der Waals surface area contributed by atoms with Crippen molar-refractivity contribution in [2.45, 2.75) is 123 Å². The number of rotatable bonds is 17. The second-order valence-electron chi connectivity index (χ2n) is 6.66. The molecular weight excluding hydrogens is 252 g/mol. The van der Waals surface area contributed by atoms with Crippen LogP contribution in [0.1, 0.15) is 123 Å². The Morgan fingerprint density at radius 2 is 0.810 bits per heavy atom. The van der Waals surface area contributed by atoms with Crippen LogP contribution in [-0.4, -0.2) is 0 Å². The zero-order chi connectivity index (χ0) is 15.4. The molecule has 0 saturated carbocycles. The minimum atomic E-state index is 1.29. The number of hydrogen-bond donors (Lipinski definition) is 0. The Morgan fingerprint density at radius 1 is 0.476 bits per heavy atom. The molecule has 0 aliphatic rings. The standard InChI is InChI=1S/C21H42/c1-3-5-7-9-11-13-15-17-19-21-20-18-16-14-12-10-8-6-4-2/h3,5H,4,6-21H2,1-2H3/b5-3-. The van der Waals surface area contributed by atoms with Crippen LogP contribution in [0.5, 0.6) is 0 Å². The molecule has 0 fully saturated rings. The van der Waals surface area contributed by atoms with Gasteiger partial charge in [-0.1, -0.05) is 115 Å². The first-order valence-electron chi connectivity index (χ1n) is 10.0. The average Bonchev–Trinajstić information content (AvgIpc) is 2.50. The van der Waals surface area contributed by atoms with E-state index in [-0.39, 0.29) is 0 Å². The number of allylic oxidation sites excluding steroid dienone is 2. The summed E-state index contributed by atoms with van der Waals surface area (Å²) in [5.74, 6) is 0. The van der Waals surface area contributed by atoms with Gasteiger partial charge in [0.15, 0.2) is 0 Å². The van der Waals surface area contributed by atoms with Crippen molar-refractivity contribution in [1.82, 2.24) is 0 Å². The summed E-state index contributed by atoms with van der Waals surface area (Å²) in [6.45, 7) is 4.41. The van der Waals surface area contributed by atoms with Crippen LogP contribution in [-0.2, 0) is 0 Å². The molecule has 0 aliphatic carbocycles. The van der Waals surface area contributed by atoms with Crippen molar-refractivity contribution >= 4 is 0 Å². The third kappa shape index (κ3) is 19.7. The molecule has 0 radical (unpaired) electrons. The van der Waals surface area contributed by atoms with Gasteiger partial charge in [-0.15, -0.1) is 0 Å². The van der Waals surface area contributed by atoms with E-state index in [0.29, 0.717) is 0 Å². The minimum Gasteiger partial charge on any atom is -0.0917 e. The molecule has 0 unspecified atom stereocenters. The van der Waals surface area contributed by atoms with Gasteiger partial charge in [0.2, 0.25) is 0 Å². The summed E-state index contributed by atoms with van der Waals surface area (Å²) in [5, 5.41) is 0. The molecule has 0 atom stereocenters. The summed E-state index contributed by atoms with van der Waals surface area (Å²) in [5.41, 5.74) is 0. The zero-order valence-electron chi connectivity index (χ0n) is 15.2. The second kappa shape index (κ2) is 19.7. The monoisotopic (exact) mass is 294 g/mol. The lowest BCUT2D eigenvalue weighted by atomic mass is 10.0. The molecule has 0 aromatic rings. The Balaban J connectivity index is 2.93. The van der Waals surface area contributed by atoms with Crippen LogP contribution in [0.25, 0.3) is 0 Å². The predicted octanol–water partition coefficient (Wildman–Crippen LogP) is 8.21. The van der Waals surface area contributed by atoms with Crippen molar-refractivity contribution in [1.29, 1.82) is 0 Å². The highest BCUT2D eigenvalue weighted by Gasteiger charge is 1.94. The van der Waals surface area contributed by atoms with Gasteiger partial charge < -0.3 is 0 Å². The van der Waals surface area contributed by atoms with Gasteiger partial charge in [0.25, 0.3) is 0 Å². The average molecular weight is 295 g/mol. The molecule has 0 nitrogen and oxygen atoms in total. The Hall–Kier alpha value is -0.260. The van der Waals surface area contributed by atoms with E-state index in [1.165, 1.54) is 109 Å². The largest absolute Gasteiger partial charge is 0.0917 e. The SMILES string of the molecule is C/C=C\CCCCCCCCCCCCCCCCCC. The van der Waals surface area contributed by atoms with Crippen molar-refractivity contribution in [3.8, 4) is 0 Å². The van der Waals surface area contributed by atoms with Gasteiger partial charge in [0.05, 0.1) is 0 Å². The Labute approximate surface area is 135 Å². The Kier molecular flexibility index (Phi) is 19.5. The lowest BCUT2D eigenvalue weighted by Crippen LogP contribution is -1.83. The highest BCUT2D eigenvalue weighted by atomic mass is 14.0. The normalized spacial score (nSPS) is 11.5. The molecule has 0 heterocycles. The van der Waals surface area contributed by atoms with E-state index in [0.717, 1.165) is 0 Å². The molecule has 0 heteroatoms. The fourth-order valence-corrected chi connectivity index (χ4v) is 2.98. The summed E-state index contributed by atoms with van der Waals surface area (Å²) in [6.07, 6.45) is 29.1. The molecule has 0 aromatic heterocycles. The van der Waals surface area contributed by atoms with E-state index in [2.05, 4.69) is 26.0 Å². The fraction of sp³-hybridized carbons (Fsp3) is 0.905. The van der Waals surface area contributed by atoms with Crippen LogP contribution >= 0.6 is 0 Å². The Morgan fingerprint density at radius 3 is 1.14 bits per heavy atom. The zero-order valence-corrected chi connectivity index (χ0v) is 15.2. The molecule has 0 spiro atoms. The molecule has 0 rings (SSSR count). The first-order chi connectivity index (χ1) is 10.4. The van der Waals surface area contributed by atoms with Gasteiger partial charge in [0.1, 0.15) is 0 Å². The molecule has 126 valence electrons.